The van der Waals surface area contributed by atoms with Crippen LogP contribution in [0.25, 0.3) is 0 Å². The molecule has 0 aliphatic heterocycles. The van der Waals surface area contributed by atoms with E-state index in [1.54, 1.807) is 0 Å². The minimum absolute atomic E-state index is 0.108. The summed E-state index contributed by atoms with van der Waals surface area (Å²) in [6.07, 6.45) is 3.53. The van der Waals surface area contributed by atoms with Crippen LogP contribution >= 0.6 is 0 Å². The van der Waals surface area contributed by atoms with E-state index in [1.165, 1.54) is 18.4 Å². The topological polar surface area (TPSA) is 41.1 Å². The van der Waals surface area contributed by atoms with Crippen LogP contribution in [0.4, 0.5) is 0 Å². The maximum Gasteiger partial charge on any atom is 0.233 e. The largest absolute Gasteiger partial charge is 0.355 e. The van der Waals surface area contributed by atoms with E-state index in [9.17, 15) is 4.79 Å². The SMILES string of the molecule is CCC(NCC(=O)NCC1CC1)c1ccccc1. The highest BCUT2D eigenvalue weighted by Gasteiger charge is 2.21. The highest BCUT2D eigenvalue weighted by atomic mass is 16.1. The lowest BCUT2D eigenvalue weighted by Crippen LogP contribution is -2.36. The Balaban J connectivity index is 1.74. The van der Waals surface area contributed by atoms with Gasteiger partial charge in [-0.15, -0.1) is 0 Å². The maximum absolute atomic E-state index is 11.7. The van der Waals surface area contributed by atoms with Crippen molar-refractivity contribution < 1.29 is 4.79 Å². The molecule has 1 saturated carbocycles. The smallest absolute Gasteiger partial charge is 0.233 e. The fraction of sp³-hybridized carbons (Fsp3) is 0.533. The van der Waals surface area contributed by atoms with Crippen molar-refractivity contribution in [2.24, 2.45) is 5.92 Å². The van der Waals surface area contributed by atoms with Crippen molar-refractivity contribution in [2.45, 2.75) is 32.2 Å². The van der Waals surface area contributed by atoms with Crippen molar-refractivity contribution in [1.29, 1.82) is 0 Å². The van der Waals surface area contributed by atoms with E-state index in [0.717, 1.165) is 18.9 Å². The molecule has 3 heteroatoms. The number of benzene rings is 1. The molecule has 0 spiro atoms. The second kappa shape index (κ2) is 6.55. The molecule has 1 atom stereocenters. The van der Waals surface area contributed by atoms with Crippen molar-refractivity contribution in [2.75, 3.05) is 13.1 Å². The number of nitrogens with one attached hydrogen (secondary N) is 2. The van der Waals surface area contributed by atoms with Crippen LogP contribution < -0.4 is 10.6 Å². The van der Waals surface area contributed by atoms with Crippen LogP contribution in [0.15, 0.2) is 30.3 Å². The molecular weight excluding hydrogens is 224 g/mol. The fourth-order valence-electron chi connectivity index (χ4n) is 2.04. The molecule has 0 radical (unpaired) electrons. The van der Waals surface area contributed by atoms with Gasteiger partial charge in [-0.3, -0.25) is 4.79 Å². The third-order valence-electron chi connectivity index (χ3n) is 3.40. The number of hydrogen-bond donors (Lipinski definition) is 2. The van der Waals surface area contributed by atoms with Crippen LogP contribution in [0.1, 0.15) is 37.8 Å². The van der Waals surface area contributed by atoms with E-state index in [4.69, 9.17) is 0 Å². The van der Waals surface area contributed by atoms with Crippen LogP contribution in [-0.4, -0.2) is 19.0 Å². The summed E-state index contributed by atoms with van der Waals surface area (Å²) in [6, 6.07) is 10.5. The summed E-state index contributed by atoms with van der Waals surface area (Å²) in [5.41, 5.74) is 1.25. The summed E-state index contributed by atoms with van der Waals surface area (Å²) in [7, 11) is 0. The van der Waals surface area contributed by atoms with E-state index in [-0.39, 0.29) is 11.9 Å². The average Bonchev–Trinajstić information content (AvgIpc) is 3.22. The normalized spacial score (nSPS) is 16.3. The molecule has 1 aromatic carbocycles. The predicted octanol–water partition coefficient (Wildman–Crippen LogP) is 2.25. The molecule has 0 heterocycles. The van der Waals surface area contributed by atoms with Gasteiger partial charge in [-0.05, 0) is 30.7 Å². The summed E-state index contributed by atoms with van der Waals surface area (Å²) < 4.78 is 0. The molecule has 2 rings (SSSR count). The zero-order valence-electron chi connectivity index (χ0n) is 11.0. The van der Waals surface area contributed by atoms with E-state index in [0.29, 0.717) is 6.54 Å². The van der Waals surface area contributed by atoms with Gasteiger partial charge in [0.2, 0.25) is 5.91 Å². The molecular formula is C15H22N2O. The van der Waals surface area contributed by atoms with Crippen LogP contribution in [-0.2, 0) is 4.79 Å². The van der Waals surface area contributed by atoms with Crippen molar-refractivity contribution in [1.82, 2.24) is 10.6 Å². The lowest BCUT2D eigenvalue weighted by Gasteiger charge is -2.17. The second-order valence-corrected chi connectivity index (χ2v) is 5.00. The number of amides is 1. The Kier molecular flexibility index (Phi) is 4.76. The van der Waals surface area contributed by atoms with Crippen molar-refractivity contribution in [3.8, 4) is 0 Å². The minimum Gasteiger partial charge on any atom is -0.355 e. The Morgan fingerprint density at radius 2 is 2.06 bits per heavy atom. The lowest BCUT2D eigenvalue weighted by molar-refractivity contribution is -0.120. The Morgan fingerprint density at radius 1 is 1.33 bits per heavy atom. The summed E-state index contributed by atoms with van der Waals surface area (Å²) in [5, 5.41) is 6.29. The average molecular weight is 246 g/mol. The maximum atomic E-state index is 11.7. The van der Waals surface area contributed by atoms with E-state index in [1.807, 2.05) is 18.2 Å². The molecule has 1 aliphatic carbocycles. The third-order valence-corrected chi connectivity index (χ3v) is 3.40. The molecule has 0 aromatic heterocycles. The first kappa shape index (κ1) is 13.1. The Hall–Kier alpha value is -1.35. The number of rotatable bonds is 7. The standard InChI is InChI=1S/C15H22N2O/c1-2-14(13-6-4-3-5-7-13)16-11-15(18)17-10-12-8-9-12/h3-7,12,14,16H,2,8-11H2,1H3,(H,17,18). The molecule has 18 heavy (non-hydrogen) atoms. The van der Waals surface area contributed by atoms with Crippen LogP contribution in [0.2, 0.25) is 0 Å². The highest BCUT2D eigenvalue weighted by molar-refractivity contribution is 5.78. The number of hydrogen-bond acceptors (Lipinski definition) is 2. The summed E-state index contributed by atoms with van der Waals surface area (Å²) in [5.74, 6) is 0.848. The zero-order valence-corrected chi connectivity index (χ0v) is 11.0. The van der Waals surface area contributed by atoms with Gasteiger partial charge < -0.3 is 10.6 Å². The van der Waals surface area contributed by atoms with Gasteiger partial charge in [-0.25, -0.2) is 0 Å². The van der Waals surface area contributed by atoms with E-state index >= 15 is 0 Å². The van der Waals surface area contributed by atoms with Gasteiger partial charge in [0.25, 0.3) is 0 Å². The molecule has 0 bridgehead atoms. The highest BCUT2D eigenvalue weighted by Crippen LogP contribution is 2.27. The third kappa shape index (κ3) is 4.15. The zero-order chi connectivity index (χ0) is 12.8. The first-order valence-corrected chi connectivity index (χ1v) is 6.84. The van der Waals surface area contributed by atoms with Gasteiger partial charge in [-0.2, -0.15) is 0 Å². The fourth-order valence-corrected chi connectivity index (χ4v) is 2.04. The van der Waals surface area contributed by atoms with Gasteiger partial charge in [0, 0.05) is 12.6 Å². The van der Waals surface area contributed by atoms with Crippen molar-refractivity contribution in [3.63, 3.8) is 0 Å². The summed E-state index contributed by atoms with van der Waals surface area (Å²) >= 11 is 0. The molecule has 1 fully saturated rings. The Morgan fingerprint density at radius 3 is 2.67 bits per heavy atom. The molecule has 2 N–H and O–H groups in total. The summed E-state index contributed by atoms with van der Waals surface area (Å²) in [4.78, 5) is 11.7. The van der Waals surface area contributed by atoms with Crippen molar-refractivity contribution >= 4 is 5.91 Å². The van der Waals surface area contributed by atoms with Gasteiger partial charge in [0.05, 0.1) is 6.54 Å². The predicted molar refractivity (Wildman–Crippen MR) is 73.2 cm³/mol. The molecule has 0 saturated heterocycles. The number of carbonyl (C=O) groups excluding carboxylic acids is 1. The van der Waals surface area contributed by atoms with Gasteiger partial charge in [0.15, 0.2) is 0 Å². The molecule has 98 valence electrons. The van der Waals surface area contributed by atoms with Crippen LogP contribution in [0, 0.1) is 5.92 Å². The monoisotopic (exact) mass is 246 g/mol. The first-order chi connectivity index (χ1) is 8.79. The molecule has 1 unspecified atom stereocenters. The van der Waals surface area contributed by atoms with Crippen LogP contribution in [0.3, 0.4) is 0 Å². The molecule has 1 aromatic rings. The van der Waals surface area contributed by atoms with Gasteiger partial charge >= 0.3 is 0 Å². The molecule has 1 amide bonds. The second-order valence-electron chi connectivity index (χ2n) is 5.00. The minimum atomic E-state index is 0.108. The Labute approximate surface area is 109 Å². The summed E-state index contributed by atoms with van der Waals surface area (Å²) in [6.45, 7) is 3.38. The Bertz CT molecular complexity index is 373. The van der Waals surface area contributed by atoms with Crippen LogP contribution in [0.5, 0.6) is 0 Å². The van der Waals surface area contributed by atoms with E-state index < -0.39 is 0 Å². The number of carbonyl (C=O) groups is 1. The quantitative estimate of drug-likeness (QED) is 0.775. The lowest BCUT2D eigenvalue weighted by atomic mass is 10.0. The van der Waals surface area contributed by atoms with Gasteiger partial charge in [-0.1, -0.05) is 37.3 Å². The van der Waals surface area contributed by atoms with E-state index in [2.05, 4.69) is 29.7 Å². The first-order valence-electron chi connectivity index (χ1n) is 6.84. The van der Waals surface area contributed by atoms with Gasteiger partial charge in [0.1, 0.15) is 0 Å². The molecule has 1 aliphatic rings. The molecule has 3 nitrogen and oxygen atoms in total. The van der Waals surface area contributed by atoms with Crippen molar-refractivity contribution in [3.05, 3.63) is 35.9 Å².